The summed E-state index contributed by atoms with van der Waals surface area (Å²) in [5.41, 5.74) is 2.34. The average Bonchev–Trinajstić information content (AvgIpc) is 3.29. The van der Waals surface area contributed by atoms with E-state index in [0.717, 1.165) is 28.6 Å². The second-order valence-corrected chi connectivity index (χ2v) is 8.12. The van der Waals surface area contributed by atoms with Crippen LogP contribution in [-0.4, -0.2) is 29.4 Å². The number of rotatable bonds is 3. The molecule has 8 heteroatoms. The van der Waals surface area contributed by atoms with Crippen molar-refractivity contribution in [2.75, 3.05) is 0 Å². The van der Waals surface area contributed by atoms with Crippen molar-refractivity contribution in [1.29, 1.82) is 0 Å². The van der Waals surface area contributed by atoms with Gasteiger partial charge in [0.2, 0.25) is 0 Å². The number of thiophene rings is 1. The molecule has 1 aliphatic carbocycles. The van der Waals surface area contributed by atoms with E-state index in [1.807, 2.05) is 11.3 Å². The number of aromatic nitrogens is 6. The Balaban J connectivity index is 1.61. The first kappa shape index (κ1) is 15.3. The molecule has 6 nitrogen and oxygen atoms in total. The van der Waals surface area contributed by atoms with Crippen LogP contribution in [0.2, 0.25) is 5.02 Å². The van der Waals surface area contributed by atoms with Gasteiger partial charge in [-0.05, 0) is 30.7 Å². The summed E-state index contributed by atoms with van der Waals surface area (Å²) in [5, 5.41) is 10.6. The van der Waals surface area contributed by atoms with Crippen LogP contribution >= 0.6 is 22.9 Å². The lowest BCUT2D eigenvalue weighted by atomic mass is 9.86. The molecular formula is C17H17ClN6S. The van der Waals surface area contributed by atoms with Gasteiger partial charge in [0, 0.05) is 11.1 Å². The lowest BCUT2D eigenvalue weighted by Crippen LogP contribution is -2.11. The summed E-state index contributed by atoms with van der Waals surface area (Å²) in [7, 11) is 0. The quantitative estimate of drug-likeness (QED) is 0.549. The minimum absolute atomic E-state index is 0.500. The predicted molar refractivity (Wildman–Crippen MR) is 98.3 cm³/mol. The van der Waals surface area contributed by atoms with E-state index in [1.165, 1.54) is 35.1 Å². The van der Waals surface area contributed by atoms with Gasteiger partial charge in [-0.15, -0.1) is 16.4 Å². The van der Waals surface area contributed by atoms with Gasteiger partial charge in [0.25, 0.3) is 0 Å². The Morgan fingerprint density at radius 2 is 2.32 bits per heavy atom. The third-order valence-corrected chi connectivity index (χ3v) is 6.37. The van der Waals surface area contributed by atoms with Crippen LogP contribution in [0, 0.1) is 5.92 Å². The Kier molecular flexibility index (Phi) is 3.53. The monoisotopic (exact) mass is 372 g/mol. The molecule has 0 bridgehead atoms. The van der Waals surface area contributed by atoms with Gasteiger partial charge < -0.3 is 0 Å². The van der Waals surface area contributed by atoms with Crippen molar-refractivity contribution in [2.24, 2.45) is 5.92 Å². The van der Waals surface area contributed by atoms with E-state index in [1.54, 1.807) is 27.9 Å². The Labute approximate surface area is 153 Å². The van der Waals surface area contributed by atoms with E-state index in [0.29, 0.717) is 11.6 Å². The first-order chi connectivity index (χ1) is 12.2. The number of nitrogens with zero attached hydrogens (tertiary/aromatic N) is 6. The van der Waals surface area contributed by atoms with Crippen LogP contribution in [0.15, 0.2) is 18.7 Å². The first-order valence-electron chi connectivity index (χ1n) is 8.53. The standard InChI is InChI=1S/C17H17ClN6S/c1-2-10-3-4-12-13(5-10)25-17-15(12)16-21-14(22-24(16)9-19-17)8-23-7-11(18)6-20-23/h6-7,9-10H,2-5,8H2,1H3. The van der Waals surface area contributed by atoms with Crippen molar-refractivity contribution < 1.29 is 0 Å². The highest BCUT2D eigenvalue weighted by Crippen LogP contribution is 2.39. The molecule has 0 radical (unpaired) electrons. The Hall–Kier alpha value is -1.99. The molecule has 25 heavy (non-hydrogen) atoms. The third kappa shape index (κ3) is 2.53. The van der Waals surface area contributed by atoms with Crippen molar-refractivity contribution in [3.05, 3.63) is 40.0 Å². The maximum absolute atomic E-state index is 5.93. The minimum atomic E-state index is 0.500. The number of hydrogen-bond donors (Lipinski definition) is 0. The second-order valence-electron chi connectivity index (χ2n) is 6.60. The van der Waals surface area contributed by atoms with Gasteiger partial charge in [-0.1, -0.05) is 24.9 Å². The molecule has 0 saturated carbocycles. The fourth-order valence-corrected chi connectivity index (χ4v) is 5.12. The molecule has 5 rings (SSSR count). The molecule has 1 atom stereocenters. The van der Waals surface area contributed by atoms with Gasteiger partial charge in [0.05, 0.1) is 16.6 Å². The second kappa shape index (κ2) is 5.78. The van der Waals surface area contributed by atoms with Crippen LogP contribution in [0.1, 0.15) is 36.0 Å². The third-order valence-electron chi connectivity index (χ3n) is 5.01. The van der Waals surface area contributed by atoms with Crippen molar-refractivity contribution in [3.63, 3.8) is 0 Å². The van der Waals surface area contributed by atoms with E-state index in [2.05, 4.69) is 22.1 Å². The zero-order valence-corrected chi connectivity index (χ0v) is 15.4. The topological polar surface area (TPSA) is 60.9 Å². The van der Waals surface area contributed by atoms with Crippen molar-refractivity contribution in [2.45, 2.75) is 39.2 Å². The van der Waals surface area contributed by atoms with E-state index in [-0.39, 0.29) is 0 Å². The van der Waals surface area contributed by atoms with Gasteiger partial charge in [0.15, 0.2) is 11.5 Å². The Bertz CT molecular complexity index is 1080. The molecule has 0 fully saturated rings. The molecule has 1 unspecified atom stereocenters. The largest absolute Gasteiger partial charge is 0.263 e. The summed E-state index contributed by atoms with van der Waals surface area (Å²) in [6.45, 7) is 2.78. The van der Waals surface area contributed by atoms with E-state index in [4.69, 9.17) is 16.6 Å². The van der Waals surface area contributed by atoms with Crippen LogP contribution in [-0.2, 0) is 19.4 Å². The molecule has 0 saturated heterocycles. The SMILES string of the molecule is CCC1CCc2c(sc3ncn4nc(Cn5cc(Cl)cn5)nc4c23)C1. The van der Waals surface area contributed by atoms with E-state index < -0.39 is 0 Å². The lowest BCUT2D eigenvalue weighted by Gasteiger charge is -2.20. The Morgan fingerprint density at radius 1 is 1.40 bits per heavy atom. The molecule has 0 spiro atoms. The zero-order chi connectivity index (χ0) is 17.0. The normalized spacial score (nSPS) is 17.4. The smallest absolute Gasteiger partial charge is 0.173 e. The summed E-state index contributed by atoms with van der Waals surface area (Å²) in [6.07, 6.45) is 9.96. The van der Waals surface area contributed by atoms with Crippen molar-refractivity contribution >= 4 is 38.8 Å². The molecule has 0 N–H and O–H groups in total. The molecule has 0 aromatic carbocycles. The van der Waals surface area contributed by atoms with E-state index >= 15 is 0 Å². The number of aryl methyl sites for hydroxylation is 1. The average molecular weight is 373 g/mol. The Morgan fingerprint density at radius 3 is 3.12 bits per heavy atom. The fourth-order valence-electron chi connectivity index (χ4n) is 3.67. The van der Waals surface area contributed by atoms with Gasteiger partial charge in [-0.2, -0.15) is 5.10 Å². The molecular weight excluding hydrogens is 356 g/mol. The molecule has 4 heterocycles. The molecule has 4 aromatic heterocycles. The molecule has 1 aliphatic rings. The van der Waals surface area contributed by atoms with Crippen LogP contribution < -0.4 is 0 Å². The predicted octanol–water partition coefficient (Wildman–Crippen LogP) is 3.75. The van der Waals surface area contributed by atoms with Crippen LogP contribution in [0.3, 0.4) is 0 Å². The summed E-state index contributed by atoms with van der Waals surface area (Å²) in [5.74, 6) is 1.52. The number of halogens is 1. The van der Waals surface area contributed by atoms with E-state index in [9.17, 15) is 0 Å². The van der Waals surface area contributed by atoms with Crippen molar-refractivity contribution in [3.8, 4) is 0 Å². The maximum atomic E-state index is 5.93. The van der Waals surface area contributed by atoms with Crippen LogP contribution in [0.4, 0.5) is 0 Å². The summed E-state index contributed by atoms with van der Waals surface area (Å²) < 4.78 is 3.54. The highest BCUT2D eigenvalue weighted by atomic mass is 35.5. The molecule has 0 aliphatic heterocycles. The highest BCUT2D eigenvalue weighted by molar-refractivity contribution is 7.19. The minimum Gasteiger partial charge on any atom is -0.263 e. The van der Waals surface area contributed by atoms with Gasteiger partial charge in [-0.3, -0.25) is 4.68 Å². The van der Waals surface area contributed by atoms with Gasteiger partial charge in [0.1, 0.15) is 17.7 Å². The van der Waals surface area contributed by atoms with Crippen LogP contribution in [0.5, 0.6) is 0 Å². The van der Waals surface area contributed by atoms with Gasteiger partial charge in [-0.25, -0.2) is 14.5 Å². The highest BCUT2D eigenvalue weighted by Gasteiger charge is 2.24. The summed E-state index contributed by atoms with van der Waals surface area (Å²) in [6, 6.07) is 0. The lowest BCUT2D eigenvalue weighted by molar-refractivity contribution is 0.451. The number of fused-ring (bicyclic) bond motifs is 5. The molecule has 4 aromatic rings. The number of hydrogen-bond acceptors (Lipinski definition) is 5. The summed E-state index contributed by atoms with van der Waals surface area (Å²) in [4.78, 5) is 12.0. The van der Waals surface area contributed by atoms with Gasteiger partial charge >= 0.3 is 0 Å². The van der Waals surface area contributed by atoms with Crippen molar-refractivity contribution in [1.82, 2.24) is 29.4 Å². The fraction of sp³-hybridized carbons (Fsp3) is 0.412. The molecule has 0 amide bonds. The maximum Gasteiger partial charge on any atom is 0.173 e. The van der Waals surface area contributed by atoms with Crippen LogP contribution in [0.25, 0.3) is 15.9 Å². The first-order valence-corrected chi connectivity index (χ1v) is 9.73. The molecule has 128 valence electrons. The zero-order valence-electron chi connectivity index (χ0n) is 13.8. The summed E-state index contributed by atoms with van der Waals surface area (Å²) >= 11 is 7.76.